The van der Waals surface area contributed by atoms with Crippen LogP contribution in [0.1, 0.15) is 64.2 Å². The van der Waals surface area contributed by atoms with Crippen molar-refractivity contribution in [1.82, 2.24) is 4.72 Å². The lowest BCUT2D eigenvalue weighted by Gasteiger charge is -2.36. The fraction of sp³-hybridized carbons (Fsp3) is 1.00. The Labute approximate surface area is 117 Å². The topological polar surface area (TPSA) is 66.4 Å². The Kier molecular flexibility index (Phi) is 5.26. The predicted octanol–water partition coefficient (Wildman–Crippen LogP) is 2.18. The van der Waals surface area contributed by atoms with Gasteiger partial charge >= 0.3 is 0 Å². The van der Waals surface area contributed by atoms with Crippen LogP contribution in [0.3, 0.4) is 0 Å². The van der Waals surface area contributed by atoms with E-state index in [2.05, 4.69) is 4.72 Å². The summed E-state index contributed by atoms with van der Waals surface area (Å²) >= 11 is 0. The molecule has 0 unspecified atom stereocenters. The van der Waals surface area contributed by atoms with Gasteiger partial charge in [0.2, 0.25) is 10.0 Å². The normalized spacial score (nSPS) is 25.3. The first-order valence-electron chi connectivity index (χ1n) is 7.68. The second-order valence-corrected chi connectivity index (χ2v) is 8.15. The van der Waals surface area contributed by atoms with Crippen molar-refractivity contribution in [2.45, 2.75) is 69.7 Å². The summed E-state index contributed by atoms with van der Waals surface area (Å²) in [5.41, 5.74) is -0.578. The number of hydrogen-bond donors (Lipinski definition) is 2. The second kappa shape index (κ2) is 6.55. The molecule has 112 valence electrons. The van der Waals surface area contributed by atoms with Crippen LogP contribution in [0.2, 0.25) is 0 Å². The Balaban J connectivity index is 1.94. The van der Waals surface area contributed by atoms with Crippen molar-refractivity contribution >= 4 is 10.0 Å². The van der Waals surface area contributed by atoms with Crippen LogP contribution < -0.4 is 4.72 Å². The van der Waals surface area contributed by atoms with E-state index in [4.69, 9.17) is 0 Å². The molecular weight excluding hydrogens is 262 g/mol. The van der Waals surface area contributed by atoms with Gasteiger partial charge in [0.25, 0.3) is 0 Å². The van der Waals surface area contributed by atoms with E-state index in [1.807, 2.05) is 0 Å². The fourth-order valence-electron chi connectivity index (χ4n) is 3.56. The Morgan fingerprint density at radius 3 is 2.16 bits per heavy atom. The van der Waals surface area contributed by atoms with E-state index in [0.29, 0.717) is 5.92 Å². The molecule has 4 nitrogen and oxygen atoms in total. The van der Waals surface area contributed by atoms with E-state index in [-0.39, 0.29) is 12.4 Å². The van der Waals surface area contributed by atoms with Crippen molar-refractivity contribution < 1.29 is 13.5 Å². The molecule has 0 aromatic carbocycles. The van der Waals surface area contributed by atoms with Crippen molar-refractivity contribution in [1.29, 1.82) is 0 Å². The summed E-state index contributed by atoms with van der Waals surface area (Å²) < 4.78 is 27.4. The highest BCUT2D eigenvalue weighted by atomic mass is 32.2. The summed E-state index contributed by atoms with van der Waals surface area (Å²) in [6.07, 6.45) is 10.3. The molecule has 0 aliphatic heterocycles. The number of rotatable bonds is 5. The number of nitrogens with one attached hydrogen (secondary N) is 1. The minimum atomic E-state index is -3.26. The molecular formula is C14H27NO3S. The van der Waals surface area contributed by atoms with Crippen molar-refractivity contribution in [3.8, 4) is 0 Å². The maximum atomic E-state index is 12.3. The molecule has 2 saturated carbocycles. The molecule has 5 heteroatoms. The van der Waals surface area contributed by atoms with E-state index >= 15 is 0 Å². The third-order valence-corrected chi connectivity index (χ3v) is 6.32. The van der Waals surface area contributed by atoms with Crippen molar-refractivity contribution in [2.24, 2.45) is 5.92 Å². The van der Waals surface area contributed by atoms with Gasteiger partial charge in [0.05, 0.1) is 17.9 Å². The standard InChI is InChI=1S/C14H27NO3S/c16-12-14(9-5-2-6-10-14)15-19(17,18)11-13-7-3-1-4-8-13/h13,15-16H,1-12H2. The van der Waals surface area contributed by atoms with Crippen molar-refractivity contribution in [2.75, 3.05) is 12.4 Å². The molecule has 2 aliphatic rings. The number of aliphatic hydroxyl groups is 1. The van der Waals surface area contributed by atoms with Gasteiger partial charge in [-0.15, -0.1) is 0 Å². The lowest BCUT2D eigenvalue weighted by molar-refractivity contribution is 0.142. The first-order chi connectivity index (χ1) is 9.05. The van der Waals surface area contributed by atoms with Gasteiger partial charge in [-0.25, -0.2) is 13.1 Å². The first kappa shape index (κ1) is 15.3. The van der Waals surface area contributed by atoms with Crippen LogP contribution in [-0.2, 0) is 10.0 Å². The van der Waals surface area contributed by atoms with E-state index in [1.165, 1.54) is 6.42 Å². The van der Waals surface area contributed by atoms with Crippen LogP contribution >= 0.6 is 0 Å². The molecule has 19 heavy (non-hydrogen) atoms. The van der Waals surface area contributed by atoms with Crippen molar-refractivity contribution in [3.05, 3.63) is 0 Å². The predicted molar refractivity (Wildman–Crippen MR) is 76.4 cm³/mol. The summed E-state index contributed by atoms with van der Waals surface area (Å²) in [4.78, 5) is 0. The van der Waals surface area contributed by atoms with Gasteiger partial charge in [-0.1, -0.05) is 38.5 Å². The average Bonchev–Trinajstić information content (AvgIpc) is 2.40. The first-order valence-corrected chi connectivity index (χ1v) is 9.33. The third kappa shape index (κ3) is 4.43. The van der Waals surface area contributed by atoms with Gasteiger partial charge in [-0.2, -0.15) is 0 Å². The van der Waals surface area contributed by atoms with E-state index in [0.717, 1.165) is 57.8 Å². The van der Waals surface area contributed by atoms with Crippen LogP contribution in [0.4, 0.5) is 0 Å². The third-order valence-electron chi connectivity index (χ3n) is 4.67. The van der Waals surface area contributed by atoms with Crippen LogP contribution in [0.15, 0.2) is 0 Å². The second-order valence-electron chi connectivity index (χ2n) is 6.39. The molecule has 0 heterocycles. The molecule has 0 atom stereocenters. The summed E-state index contributed by atoms with van der Waals surface area (Å²) in [6, 6.07) is 0. The van der Waals surface area contributed by atoms with Crippen LogP contribution in [0, 0.1) is 5.92 Å². The number of hydrogen-bond acceptors (Lipinski definition) is 3. The van der Waals surface area contributed by atoms with E-state index < -0.39 is 15.6 Å². The zero-order valence-corrected chi connectivity index (χ0v) is 12.6. The Hall–Kier alpha value is -0.130. The molecule has 0 amide bonds. The molecule has 0 saturated heterocycles. The van der Waals surface area contributed by atoms with Gasteiger partial charge in [0.15, 0.2) is 0 Å². The van der Waals surface area contributed by atoms with Crippen LogP contribution in [-0.4, -0.2) is 31.4 Å². The fourth-order valence-corrected chi connectivity index (χ4v) is 5.52. The molecule has 2 fully saturated rings. The molecule has 0 radical (unpaired) electrons. The molecule has 0 spiro atoms. The minimum Gasteiger partial charge on any atom is -0.394 e. The van der Waals surface area contributed by atoms with E-state index in [1.54, 1.807) is 0 Å². The molecule has 0 bridgehead atoms. The molecule has 2 N–H and O–H groups in total. The highest BCUT2D eigenvalue weighted by molar-refractivity contribution is 7.89. The lowest BCUT2D eigenvalue weighted by Crippen LogP contribution is -2.53. The smallest absolute Gasteiger partial charge is 0.212 e. The maximum Gasteiger partial charge on any atom is 0.212 e. The molecule has 0 aromatic rings. The molecule has 0 aromatic heterocycles. The van der Waals surface area contributed by atoms with Gasteiger partial charge < -0.3 is 5.11 Å². The summed E-state index contributed by atoms with van der Waals surface area (Å²) in [6.45, 7) is -0.0725. The van der Waals surface area contributed by atoms with Crippen LogP contribution in [0.5, 0.6) is 0 Å². The van der Waals surface area contributed by atoms with Crippen LogP contribution in [0.25, 0.3) is 0 Å². The Morgan fingerprint density at radius 1 is 1.00 bits per heavy atom. The molecule has 2 rings (SSSR count). The Morgan fingerprint density at radius 2 is 1.58 bits per heavy atom. The summed E-state index contributed by atoms with van der Waals surface area (Å²) in [5, 5.41) is 9.58. The van der Waals surface area contributed by atoms with Crippen molar-refractivity contribution in [3.63, 3.8) is 0 Å². The monoisotopic (exact) mass is 289 g/mol. The zero-order valence-electron chi connectivity index (χ0n) is 11.7. The Bertz CT molecular complexity index is 368. The molecule has 2 aliphatic carbocycles. The quantitative estimate of drug-likeness (QED) is 0.815. The lowest BCUT2D eigenvalue weighted by atomic mass is 9.83. The largest absolute Gasteiger partial charge is 0.394 e. The van der Waals surface area contributed by atoms with E-state index in [9.17, 15) is 13.5 Å². The zero-order chi connectivity index (χ0) is 13.8. The number of sulfonamides is 1. The van der Waals surface area contributed by atoms with Gasteiger partial charge in [-0.05, 0) is 31.6 Å². The average molecular weight is 289 g/mol. The minimum absolute atomic E-state index is 0.0725. The summed E-state index contributed by atoms with van der Waals surface area (Å²) in [5.74, 6) is 0.556. The highest BCUT2D eigenvalue weighted by Gasteiger charge is 2.36. The SMILES string of the molecule is O=S(=O)(CC1CCCCC1)NC1(CO)CCCCC1. The highest BCUT2D eigenvalue weighted by Crippen LogP contribution is 2.30. The summed E-state index contributed by atoms with van der Waals surface area (Å²) in [7, 11) is -3.26. The maximum absolute atomic E-state index is 12.3. The van der Waals surface area contributed by atoms with Gasteiger partial charge in [0.1, 0.15) is 0 Å². The number of aliphatic hydroxyl groups excluding tert-OH is 1. The van der Waals surface area contributed by atoms with Gasteiger partial charge in [0, 0.05) is 0 Å². The van der Waals surface area contributed by atoms with Gasteiger partial charge in [-0.3, -0.25) is 0 Å².